The zero-order valence-electron chi connectivity index (χ0n) is 6.45. The lowest BCUT2D eigenvalue weighted by molar-refractivity contribution is 0.809. The number of hydrogen-bond donors (Lipinski definition) is 0. The molecule has 11 heavy (non-hydrogen) atoms. The maximum absolute atomic E-state index is 4.46. The van der Waals surface area contributed by atoms with Gasteiger partial charge in [0.1, 0.15) is 0 Å². The number of thiocarbonyl (C=S) groups is 1. The zero-order valence-corrected chi connectivity index (χ0v) is 7.27. The molecule has 0 aromatic carbocycles. The van der Waals surface area contributed by atoms with E-state index in [0.717, 1.165) is 13.0 Å². The summed E-state index contributed by atoms with van der Waals surface area (Å²) in [6.45, 7) is 0.737. The molecule has 0 aliphatic heterocycles. The van der Waals surface area contributed by atoms with E-state index < -0.39 is 0 Å². The van der Waals surface area contributed by atoms with Crippen molar-refractivity contribution in [2.45, 2.75) is 6.42 Å². The molecule has 0 aliphatic carbocycles. The van der Waals surface area contributed by atoms with E-state index in [2.05, 4.69) is 33.0 Å². The Hall–Kier alpha value is -0.920. The highest BCUT2D eigenvalue weighted by molar-refractivity contribution is 7.78. The summed E-state index contributed by atoms with van der Waals surface area (Å²) in [4.78, 5) is 3.84. The Bertz CT molecular complexity index is 271. The number of isothiocyanates is 1. The minimum absolute atomic E-state index is 0.737. The zero-order chi connectivity index (χ0) is 8.10. The van der Waals surface area contributed by atoms with Crippen LogP contribution in [0.15, 0.2) is 23.3 Å². The topological polar surface area (TPSA) is 17.3 Å². The van der Waals surface area contributed by atoms with E-state index >= 15 is 0 Å². The second-order valence-corrected chi connectivity index (χ2v) is 2.52. The summed E-state index contributed by atoms with van der Waals surface area (Å²) in [5, 5.41) is 2.35. The number of nitrogens with zero attached hydrogens (tertiary/aromatic N) is 2. The summed E-state index contributed by atoms with van der Waals surface area (Å²) in [6, 6.07) is 4.11. The van der Waals surface area contributed by atoms with Crippen LogP contribution in [0.1, 0.15) is 5.69 Å². The van der Waals surface area contributed by atoms with Gasteiger partial charge in [0.05, 0.1) is 11.7 Å². The Morgan fingerprint density at radius 3 is 3.09 bits per heavy atom. The van der Waals surface area contributed by atoms with E-state index in [0.29, 0.717) is 0 Å². The van der Waals surface area contributed by atoms with Crippen LogP contribution in [0.4, 0.5) is 0 Å². The summed E-state index contributed by atoms with van der Waals surface area (Å²) >= 11 is 4.46. The van der Waals surface area contributed by atoms with Gasteiger partial charge in [0.15, 0.2) is 0 Å². The van der Waals surface area contributed by atoms with Gasteiger partial charge in [0.25, 0.3) is 0 Å². The minimum atomic E-state index is 0.737. The molecular weight excluding hydrogens is 156 g/mol. The van der Waals surface area contributed by atoms with Crippen LogP contribution in [-0.4, -0.2) is 16.3 Å². The summed E-state index contributed by atoms with van der Waals surface area (Å²) in [6.07, 6.45) is 2.96. The monoisotopic (exact) mass is 166 g/mol. The molecule has 0 N–H and O–H groups in total. The average molecular weight is 166 g/mol. The fourth-order valence-corrected chi connectivity index (χ4v) is 1.06. The van der Waals surface area contributed by atoms with Crippen molar-refractivity contribution in [3.8, 4) is 0 Å². The predicted molar refractivity (Wildman–Crippen MR) is 49.0 cm³/mol. The molecule has 0 amide bonds. The van der Waals surface area contributed by atoms with Gasteiger partial charge in [-0.25, -0.2) is 4.99 Å². The molecule has 1 rings (SSSR count). The van der Waals surface area contributed by atoms with Crippen molar-refractivity contribution < 1.29 is 0 Å². The van der Waals surface area contributed by atoms with Crippen LogP contribution >= 0.6 is 12.2 Å². The molecule has 0 saturated carbocycles. The molecule has 0 aliphatic rings. The maximum Gasteiger partial charge on any atom is 0.0585 e. The summed E-state index contributed by atoms with van der Waals surface area (Å²) in [5.74, 6) is 0. The third-order valence-electron chi connectivity index (χ3n) is 1.60. The fourth-order valence-electron chi connectivity index (χ4n) is 0.972. The highest BCUT2D eigenvalue weighted by atomic mass is 32.1. The number of aryl methyl sites for hydroxylation is 1. The fraction of sp³-hybridized carbons (Fsp3) is 0.375. The highest BCUT2D eigenvalue weighted by Gasteiger charge is 1.93. The van der Waals surface area contributed by atoms with Crippen LogP contribution in [0.25, 0.3) is 0 Å². The first-order valence-electron chi connectivity index (χ1n) is 3.48. The molecule has 0 radical (unpaired) electrons. The normalized spacial score (nSPS) is 9.18. The Kier molecular flexibility index (Phi) is 3.02. The van der Waals surface area contributed by atoms with Crippen molar-refractivity contribution in [1.82, 2.24) is 4.57 Å². The van der Waals surface area contributed by atoms with Gasteiger partial charge in [-0.05, 0) is 24.4 Å². The Labute approximate surface area is 71.6 Å². The van der Waals surface area contributed by atoms with Gasteiger partial charge >= 0.3 is 0 Å². The van der Waals surface area contributed by atoms with Crippen LogP contribution in [0.5, 0.6) is 0 Å². The largest absolute Gasteiger partial charge is 0.354 e. The lowest BCUT2D eigenvalue weighted by Crippen LogP contribution is -1.96. The molecule has 2 nitrogen and oxygen atoms in total. The lowest BCUT2D eigenvalue weighted by Gasteiger charge is -1.98. The average Bonchev–Trinajstić information content (AvgIpc) is 2.37. The van der Waals surface area contributed by atoms with Crippen LogP contribution in [0, 0.1) is 0 Å². The summed E-state index contributed by atoms with van der Waals surface area (Å²) in [5.41, 5.74) is 1.28. The number of hydrogen-bond acceptors (Lipinski definition) is 2. The minimum Gasteiger partial charge on any atom is -0.354 e. The molecule has 1 heterocycles. The van der Waals surface area contributed by atoms with E-state index in [-0.39, 0.29) is 0 Å². The second-order valence-electron chi connectivity index (χ2n) is 2.33. The molecule has 1 aromatic heterocycles. The van der Waals surface area contributed by atoms with Gasteiger partial charge in [0.2, 0.25) is 0 Å². The van der Waals surface area contributed by atoms with Gasteiger partial charge in [0, 0.05) is 25.4 Å². The van der Waals surface area contributed by atoms with Gasteiger partial charge < -0.3 is 4.57 Å². The van der Waals surface area contributed by atoms with Gasteiger partial charge in [-0.1, -0.05) is 0 Å². The standard InChI is InChI=1S/C8H10N2S/c1-10-6-2-3-8(10)4-5-9-7-11/h2-3,6H,4-5H2,1H3. The maximum atomic E-state index is 4.46. The van der Waals surface area contributed by atoms with Crippen LogP contribution in [0.2, 0.25) is 0 Å². The van der Waals surface area contributed by atoms with Gasteiger partial charge in [-0.2, -0.15) is 0 Å². The van der Waals surface area contributed by atoms with Crippen molar-refractivity contribution >= 4 is 17.4 Å². The molecule has 0 spiro atoms. The van der Waals surface area contributed by atoms with Crippen molar-refractivity contribution in [1.29, 1.82) is 0 Å². The predicted octanol–water partition coefficient (Wildman–Crippen LogP) is 1.67. The first-order chi connectivity index (χ1) is 5.34. The Morgan fingerprint density at radius 1 is 1.73 bits per heavy atom. The molecule has 0 fully saturated rings. The van der Waals surface area contributed by atoms with Crippen LogP contribution < -0.4 is 0 Å². The van der Waals surface area contributed by atoms with Crippen LogP contribution in [0.3, 0.4) is 0 Å². The van der Waals surface area contributed by atoms with Crippen molar-refractivity contribution in [3.63, 3.8) is 0 Å². The van der Waals surface area contributed by atoms with Crippen LogP contribution in [-0.2, 0) is 13.5 Å². The molecular formula is C8H10N2S. The number of rotatable bonds is 3. The van der Waals surface area contributed by atoms with Crippen molar-refractivity contribution in [3.05, 3.63) is 24.0 Å². The molecule has 1 aromatic rings. The molecule has 3 heteroatoms. The number of aromatic nitrogens is 1. The second kappa shape index (κ2) is 4.06. The van der Waals surface area contributed by atoms with Crippen molar-refractivity contribution in [2.75, 3.05) is 6.54 Å². The Morgan fingerprint density at radius 2 is 2.55 bits per heavy atom. The van der Waals surface area contributed by atoms with E-state index in [1.54, 1.807) is 0 Å². The lowest BCUT2D eigenvalue weighted by atomic mass is 10.3. The molecule has 0 unspecified atom stereocenters. The van der Waals surface area contributed by atoms with E-state index in [9.17, 15) is 0 Å². The van der Waals surface area contributed by atoms with E-state index in [4.69, 9.17) is 0 Å². The summed E-state index contributed by atoms with van der Waals surface area (Å²) in [7, 11) is 2.02. The smallest absolute Gasteiger partial charge is 0.0585 e. The molecule has 0 saturated heterocycles. The quantitative estimate of drug-likeness (QED) is 0.493. The summed E-state index contributed by atoms with van der Waals surface area (Å²) < 4.78 is 2.08. The SMILES string of the molecule is Cn1cccc1CCN=C=S. The molecule has 0 bridgehead atoms. The first-order valence-corrected chi connectivity index (χ1v) is 3.89. The van der Waals surface area contributed by atoms with E-state index in [1.165, 1.54) is 5.69 Å². The molecule has 58 valence electrons. The van der Waals surface area contributed by atoms with Crippen molar-refractivity contribution in [2.24, 2.45) is 12.0 Å². The molecule has 0 atom stereocenters. The van der Waals surface area contributed by atoms with E-state index in [1.807, 2.05) is 19.3 Å². The first kappa shape index (κ1) is 8.18. The van der Waals surface area contributed by atoms with Gasteiger partial charge in [-0.3, -0.25) is 0 Å². The third kappa shape index (κ3) is 2.30. The number of aliphatic imine (C=N–C) groups is 1. The highest BCUT2D eigenvalue weighted by Crippen LogP contribution is 1.99. The Balaban J connectivity index is 2.50. The third-order valence-corrected chi connectivity index (χ3v) is 1.72. The van der Waals surface area contributed by atoms with Gasteiger partial charge in [-0.15, -0.1) is 0 Å².